The highest BCUT2D eigenvalue weighted by Gasteiger charge is 2.23. The summed E-state index contributed by atoms with van der Waals surface area (Å²) in [5.41, 5.74) is 1.25. The summed E-state index contributed by atoms with van der Waals surface area (Å²) in [4.78, 5) is 13.8. The van der Waals surface area contributed by atoms with Crippen molar-refractivity contribution in [3.05, 3.63) is 53.8 Å². The Kier molecular flexibility index (Phi) is 5.13. The third kappa shape index (κ3) is 3.84. The molecule has 0 aliphatic rings. The highest BCUT2D eigenvalue weighted by molar-refractivity contribution is 6.02. The predicted octanol–water partition coefficient (Wildman–Crippen LogP) is 3.85. The zero-order valence-electron chi connectivity index (χ0n) is 15.7. The molecule has 3 N–H and O–H groups in total. The molecular formula is C20H16F3N5O2. The molecule has 10 heteroatoms. The molecule has 0 aliphatic carbocycles. The van der Waals surface area contributed by atoms with Crippen LogP contribution < -0.4 is 10.6 Å². The maximum atomic E-state index is 14.4. The lowest BCUT2D eigenvalue weighted by atomic mass is 10.0. The van der Waals surface area contributed by atoms with Crippen molar-refractivity contribution in [2.45, 2.75) is 6.92 Å². The molecule has 154 valence electrons. The number of halogens is 3. The molecule has 30 heavy (non-hydrogen) atoms. The number of amides is 1. The van der Waals surface area contributed by atoms with E-state index in [2.05, 4.69) is 25.8 Å². The molecule has 0 unspecified atom stereocenters. The van der Waals surface area contributed by atoms with E-state index in [0.717, 1.165) is 12.1 Å². The largest absolute Gasteiger partial charge is 0.403 e. The molecule has 1 amide bonds. The van der Waals surface area contributed by atoms with Crippen LogP contribution in [-0.4, -0.2) is 34.2 Å². The molecule has 4 aromatic rings. The second-order valence-electron chi connectivity index (χ2n) is 6.51. The summed E-state index contributed by atoms with van der Waals surface area (Å²) < 4.78 is 47.3. The summed E-state index contributed by atoms with van der Waals surface area (Å²) in [6, 6.07) is 7.51. The van der Waals surface area contributed by atoms with Gasteiger partial charge < -0.3 is 20.0 Å². The monoisotopic (exact) mass is 415 g/mol. The molecule has 0 aliphatic heterocycles. The number of hydrogen-bond donors (Lipinski definition) is 3. The van der Waals surface area contributed by atoms with E-state index in [9.17, 15) is 18.0 Å². The minimum atomic E-state index is -0.784. The Balaban J connectivity index is 1.76. The smallest absolute Gasteiger partial charge is 0.315 e. The minimum Gasteiger partial charge on any atom is -0.403 e. The van der Waals surface area contributed by atoms with Crippen LogP contribution >= 0.6 is 0 Å². The van der Waals surface area contributed by atoms with Gasteiger partial charge in [0.2, 0.25) is 5.91 Å². The number of anilines is 1. The van der Waals surface area contributed by atoms with Crippen LogP contribution in [0.2, 0.25) is 0 Å². The van der Waals surface area contributed by atoms with E-state index in [1.165, 1.54) is 31.2 Å². The number of aromatic nitrogens is 3. The van der Waals surface area contributed by atoms with Crippen LogP contribution in [0.3, 0.4) is 0 Å². The van der Waals surface area contributed by atoms with Gasteiger partial charge in [0.25, 0.3) is 5.89 Å². The first-order valence-electron chi connectivity index (χ1n) is 9.01. The lowest BCUT2D eigenvalue weighted by Crippen LogP contribution is -2.26. The Morgan fingerprint density at radius 2 is 1.83 bits per heavy atom. The average Bonchev–Trinajstić information content (AvgIpc) is 3.30. The number of fused-ring (bicyclic) bond motifs is 1. The van der Waals surface area contributed by atoms with Gasteiger partial charge in [-0.25, -0.2) is 13.2 Å². The molecule has 0 spiro atoms. The summed E-state index contributed by atoms with van der Waals surface area (Å²) in [7, 11) is 0. The quantitative estimate of drug-likeness (QED) is 0.416. The van der Waals surface area contributed by atoms with E-state index >= 15 is 0 Å². The Morgan fingerprint density at radius 3 is 2.57 bits per heavy atom. The lowest BCUT2D eigenvalue weighted by molar-refractivity contribution is -0.118. The molecule has 0 radical (unpaired) electrons. The Bertz CT molecular complexity index is 1220. The molecule has 2 aromatic heterocycles. The lowest BCUT2D eigenvalue weighted by Gasteiger charge is -2.03. The third-order valence-corrected chi connectivity index (χ3v) is 4.37. The van der Waals surface area contributed by atoms with Crippen molar-refractivity contribution in [1.82, 2.24) is 20.5 Å². The number of H-pyrrole nitrogens is 1. The highest BCUT2D eigenvalue weighted by Crippen LogP contribution is 2.39. The van der Waals surface area contributed by atoms with Gasteiger partial charge in [-0.15, -0.1) is 5.10 Å². The van der Waals surface area contributed by atoms with Gasteiger partial charge in [-0.1, -0.05) is 5.10 Å². The fourth-order valence-corrected chi connectivity index (χ4v) is 3.08. The Morgan fingerprint density at radius 1 is 1.07 bits per heavy atom. The zero-order chi connectivity index (χ0) is 21.3. The number of rotatable bonds is 6. The van der Waals surface area contributed by atoms with Gasteiger partial charge in [0.05, 0.1) is 16.8 Å². The highest BCUT2D eigenvalue weighted by atomic mass is 19.1. The second-order valence-corrected chi connectivity index (χ2v) is 6.51. The summed E-state index contributed by atoms with van der Waals surface area (Å²) in [6.45, 7) is 2.08. The maximum absolute atomic E-state index is 14.4. The van der Waals surface area contributed by atoms with E-state index in [4.69, 9.17) is 4.42 Å². The third-order valence-electron chi connectivity index (χ3n) is 4.37. The number of carbonyl (C=O) groups is 1. The predicted molar refractivity (Wildman–Crippen MR) is 104 cm³/mol. The second kappa shape index (κ2) is 7.90. The molecule has 2 aromatic carbocycles. The molecule has 2 heterocycles. The number of hydrogen-bond acceptors (Lipinski definition) is 5. The van der Waals surface area contributed by atoms with Crippen LogP contribution in [-0.2, 0) is 4.79 Å². The first-order valence-corrected chi connectivity index (χ1v) is 9.01. The van der Waals surface area contributed by atoms with Gasteiger partial charge >= 0.3 is 6.01 Å². The number of benzene rings is 2. The summed E-state index contributed by atoms with van der Waals surface area (Å²) in [6.07, 6.45) is 0. The number of aromatic amines is 1. The number of carbonyl (C=O) groups excluding carboxylic acids is 1. The number of nitrogens with zero attached hydrogens (tertiary/aromatic N) is 2. The van der Waals surface area contributed by atoms with E-state index in [1.807, 2.05) is 0 Å². The Labute approximate surface area is 168 Å². The molecule has 0 fully saturated rings. The Hall–Kier alpha value is -3.82. The van der Waals surface area contributed by atoms with Gasteiger partial charge in [-0.2, -0.15) is 0 Å². The van der Waals surface area contributed by atoms with Crippen molar-refractivity contribution in [2.75, 3.05) is 18.4 Å². The van der Waals surface area contributed by atoms with Crippen LogP contribution in [0.5, 0.6) is 0 Å². The molecular weight excluding hydrogens is 399 g/mol. The SMILES string of the molecule is CC(=O)NCCNc1nnc(-c2c(-c3ccc(F)cc3)[nH]c3c(F)cc(F)cc23)o1. The van der Waals surface area contributed by atoms with Crippen LogP contribution in [0, 0.1) is 17.5 Å². The van der Waals surface area contributed by atoms with Gasteiger partial charge in [0, 0.05) is 31.5 Å². The first kappa shape index (κ1) is 19.5. The molecule has 0 bridgehead atoms. The molecule has 0 atom stereocenters. The van der Waals surface area contributed by atoms with Crippen LogP contribution in [0.1, 0.15) is 6.92 Å². The van der Waals surface area contributed by atoms with Gasteiger partial charge in [-0.3, -0.25) is 4.79 Å². The van der Waals surface area contributed by atoms with Crippen molar-refractivity contribution in [1.29, 1.82) is 0 Å². The molecule has 4 rings (SSSR count). The van der Waals surface area contributed by atoms with Crippen molar-refractivity contribution in [3.8, 4) is 22.7 Å². The van der Waals surface area contributed by atoms with E-state index in [1.54, 1.807) is 0 Å². The standard InChI is InChI=1S/C20H16F3N5O2/c1-10(29)24-6-7-25-20-28-27-19(30-20)16-14-8-13(22)9-15(23)18(14)26-17(16)11-2-4-12(21)5-3-11/h2-5,8-9,26H,6-7H2,1H3,(H,24,29)(H,25,28). The van der Waals surface area contributed by atoms with Crippen LogP contribution in [0.15, 0.2) is 40.8 Å². The van der Waals surface area contributed by atoms with E-state index in [0.29, 0.717) is 24.3 Å². The summed E-state index contributed by atoms with van der Waals surface area (Å²) in [5, 5.41) is 13.5. The normalized spacial score (nSPS) is 11.1. The van der Waals surface area contributed by atoms with Gasteiger partial charge in [0.1, 0.15) is 17.5 Å². The average molecular weight is 415 g/mol. The summed E-state index contributed by atoms with van der Waals surface area (Å²) in [5.74, 6) is -2.13. The molecule has 0 saturated heterocycles. The van der Waals surface area contributed by atoms with Crippen LogP contribution in [0.4, 0.5) is 19.2 Å². The fourth-order valence-electron chi connectivity index (χ4n) is 3.08. The van der Waals surface area contributed by atoms with Gasteiger partial charge in [-0.05, 0) is 35.9 Å². The maximum Gasteiger partial charge on any atom is 0.315 e. The van der Waals surface area contributed by atoms with E-state index < -0.39 is 17.5 Å². The zero-order valence-corrected chi connectivity index (χ0v) is 15.7. The fraction of sp³-hybridized carbons (Fsp3) is 0.150. The van der Waals surface area contributed by atoms with Gasteiger partial charge in [0.15, 0.2) is 0 Å². The van der Waals surface area contributed by atoms with Crippen LogP contribution in [0.25, 0.3) is 33.6 Å². The number of nitrogens with one attached hydrogen (secondary N) is 3. The van der Waals surface area contributed by atoms with Crippen molar-refractivity contribution >= 4 is 22.8 Å². The van der Waals surface area contributed by atoms with Crippen molar-refractivity contribution < 1.29 is 22.4 Å². The minimum absolute atomic E-state index is 0.0209. The first-order chi connectivity index (χ1) is 14.4. The van der Waals surface area contributed by atoms with Crippen molar-refractivity contribution in [3.63, 3.8) is 0 Å². The summed E-state index contributed by atoms with van der Waals surface area (Å²) >= 11 is 0. The molecule has 0 saturated carbocycles. The van der Waals surface area contributed by atoms with Crippen molar-refractivity contribution in [2.24, 2.45) is 0 Å². The van der Waals surface area contributed by atoms with E-state index in [-0.39, 0.29) is 34.3 Å². The topological polar surface area (TPSA) is 95.8 Å². The molecule has 7 nitrogen and oxygen atoms in total.